The van der Waals surface area contributed by atoms with Gasteiger partial charge >= 0.3 is 0 Å². The van der Waals surface area contributed by atoms with Crippen LogP contribution in [-0.4, -0.2) is 25.3 Å². The maximum absolute atomic E-state index is 12.1. The van der Waals surface area contributed by atoms with Gasteiger partial charge in [-0.25, -0.2) is 0 Å². The van der Waals surface area contributed by atoms with Gasteiger partial charge in [-0.1, -0.05) is 39.5 Å². The molecule has 0 saturated heterocycles. The molecule has 0 aliphatic heterocycles. The Kier molecular flexibility index (Phi) is 4.44. The van der Waals surface area contributed by atoms with E-state index in [-0.39, 0.29) is 34.7 Å². The first kappa shape index (κ1) is 14.7. The Labute approximate surface area is 116 Å². The normalized spacial score (nSPS) is 31.6. The number of Topliss-reactive ketones (excluding diaryl/α,β-unsaturated/α-hetero) is 2. The van der Waals surface area contributed by atoms with Gasteiger partial charge in [0.1, 0.15) is 11.6 Å². The van der Waals surface area contributed by atoms with Crippen LogP contribution < -0.4 is 0 Å². The van der Waals surface area contributed by atoms with Crippen molar-refractivity contribution < 1.29 is 14.3 Å². The molecule has 0 heterocycles. The molecule has 0 aromatic heterocycles. The Morgan fingerprint density at radius 3 is 2.05 bits per heavy atom. The maximum atomic E-state index is 12.1. The summed E-state index contributed by atoms with van der Waals surface area (Å²) in [5, 5.41) is 0. The minimum atomic E-state index is -0.262. The Hall–Kier alpha value is -0.700. The van der Waals surface area contributed by atoms with E-state index in [1.54, 1.807) is 7.11 Å². The van der Waals surface area contributed by atoms with E-state index in [2.05, 4.69) is 0 Å². The van der Waals surface area contributed by atoms with E-state index in [1.807, 2.05) is 13.8 Å². The molecule has 2 rings (SSSR count). The molecule has 0 amide bonds. The van der Waals surface area contributed by atoms with Gasteiger partial charge in [-0.05, 0) is 18.3 Å². The minimum Gasteiger partial charge on any atom is -0.385 e. The fourth-order valence-electron chi connectivity index (χ4n) is 3.68. The lowest BCUT2D eigenvalue weighted by atomic mass is 9.87. The van der Waals surface area contributed by atoms with Gasteiger partial charge in [0.2, 0.25) is 0 Å². The summed E-state index contributed by atoms with van der Waals surface area (Å²) in [6.45, 7) is 4.92. The first-order valence-corrected chi connectivity index (χ1v) is 7.58. The number of methoxy groups -OCH3 is 1. The third-order valence-corrected chi connectivity index (χ3v) is 4.97. The second-order valence-corrected chi connectivity index (χ2v) is 6.68. The van der Waals surface area contributed by atoms with Crippen molar-refractivity contribution in [3.63, 3.8) is 0 Å². The lowest BCUT2D eigenvalue weighted by Gasteiger charge is -2.14. The van der Waals surface area contributed by atoms with Crippen molar-refractivity contribution in [3.05, 3.63) is 0 Å². The molecule has 2 unspecified atom stereocenters. The molecule has 0 radical (unpaired) electrons. The van der Waals surface area contributed by atoms with E-state index >= 15 is 0 Å². The molecule has 3 heteroatoms. The zero-order valence-electron chi connectivity index (χ0n) is 12.4. The summed E-state index contributed by atoms with van der Waals surface area (Å²) in [6.07, 6.45) is 6.38. The maximum Gasteiger partial charge on any atom is 0.147 e. The van der Waals surface area contributed by atoms with Gasteiger partial charge in [-0.2, -0.15) is 0 Å². The Morgan fingerprint density at radius 1 is 0.947 bits per heavy atom. The van der Waals surface area contributed by atoms with E-state index in [0.29, 0.717) is 0 Å². The number of ketones is 2. The number of ether oxygens (including phenoxy) is 1. The smallest absolute Gasteiger partial charge is 0.147 e. The monoisotopic (exact) mass is 266 g/mol. The molecule has 2 aliphatic rings. The number of hydrogen-bond donors (Lipinski definition) is 0. The van der Waals surface area contributed by atoms with Crippen LogP contribution in [0.1, 0.15) is 52.4 Å². The van der Waals surface area contributed by atoms with Crippen molar-refractivity contribution in [2.45, 2.75) is 52.4 Å². The summed E-state index contributed by atoms with van der Waals surface area (Å²) in [4.78, 5) is 24.3. The van der Waals surface area contributed by atoms with Gasteiger partial charge in [0, 0.05) is 25.6 Å². The third kappa shape index (κ3) is 2.76. The summed E-state index contributed by atoms with van der Waals surface area (Å²) < 4.78 is 5.00. The summed E-state index contributed by atoms with van der Waals surface area (Å²) in [6, 6.07) is 0. The zero-order chi connectivity index (χ0) is 14.0. The number of hydrogen-bond acceptors (Lipinski definition) is 3. The van der Waals surface area contributed by atoms with E-state index < -0.39 is 0 Å². The highest BCUT2D eigenvalue weighted by Crippen LogP contribution is 2.65. The molecule has 0 aromatic rings. The molecule has 2 saturated carbocycles. The lowest BCUT2D eigenvalue weighted by Crippen LogP contribution is -2.24. The van der Waals surface area contributed by atoms with E-state index in [0.717, 1.165) is 32.3 Å². The number of unbranched alkanes of at least 4 members (excludes halogenated alkanes) is 4. The topological polar surface area (TPSA) is 43.4 Å². The highest BCUT2D eigenvalue weighted by molar-refractivity contribution is 6.16. The quantitative estimate of drug-likeness (QED) is 0.501. The second kappa shape index (κ2) is 5.74. The summed E-state index contributed by atoms with van der Waals surface area (Å²) >= 11 is 0. The van der Waals surface area contributed by atoms with Crippen molar-refractivity contribution in [1.82, 2.24) is 0 Å². The summed E-state index contributed by atoms with van der Waals surface area (Å²) in [7, 11) is 1.73. The van der Waals surface area contributed by atoms with Gasteiger partial charge in [0.15, 0.2) is 0 Å². The number of fused-ring (bicyclic) bond motifs is 1. The molecule has 0 N–H and O–H groups in total. The van der Waals surface area contributed by atoms with Crippen LogP contribution in [0.15, 0.2) is 0 Å². The average Bonchev–Trinajstić information content (AvgIpc) is 2.83. The van der Waals surface area contributed by atoms with Crippen LogP contribution in [0.2, 0.25) is 0 Å². The largest absolute Gasteiger partial charge is 0.385 e. The van der Waals surface area contributed by atoms with E-state index in [4.69, 9.17) is 4.74 Å². The van der Waals surface area contributed by atoms with Gasteiger partial charge in [0.25, 0.3) is 0 Å². The van der Waals surface area contributed by atoms with Gasteiger partial charge in [-0.3, -0.25) is 9.59 Å². The van der Waals surface area contributed by atoms with E-state index in [9.17, 15) is 9.59 Å². The lowest BCUT2D eigenvalue weighted by molar-refractivity contribution is -0.131. The SMILES string of the molecule is COCCCCCCCC1C(=O)C2C(C1=O)C2(C)C. The standard InChI is InChI=1S/C16H26O3/c1-16(2)12-13(16)15(18)11(14(12)17)9-7-5-4-6-8-10-19-3/h11-13H,4-10H2,1-3H3. The first-order chi connectivity index (χ1) is 9.01. The van der Waals surface area contributed by atoms with Crippen LogP contribution in [0, 0.1) is 23.2 Å². The van der Waals surface area contributed by atoms with Crippen molar-refractivity contribution in [3.8, 4) is 0 Å². The molecule has 0 spiro atoms. The second-order valence-electron chi connectivity index (χ2n) is 6.68. The van der Waals surface area contributed by atoms with Crippen LogP contribution in [0.3, 0.4) is 0 Å². The molecule has 2 atom stereocenters. The van der Waals surface area contributed by atoms with Crippen LogP contribution in [0.25, 0.3) is 0 Å². The van der Waals surface area contributed by atoms with Gasteiger partial charge < -0.3 is 4.74 Å². The van der Waals surface area contributed by atoms with Crippen LogP contribution >= 0.6 is 0 Å². The average molecular weight is 266 g/mol. The van der Waals surface area contributed by atoms with Crippen molar-refractivity contribution in [2.75, 3.05) is 13.7 Å². The Morgan fingerprint density at radius 2 is 1.47 bits per heavy atom. The molecule has 3 nitrogen and oxygen atoms in total. The molecule has 19 heavy (non-hydrogen) atoms. The molecule has 108 valence electrons. The summed E-state index contributed by atoms with van der Waals surface area (Å²) in [5.41, 5.74) is -0.0369. The Bertz CT molecular complexity index is 335. The van der Waals surface area contributed by atoms with E-state index in [1.165, 1.54) is 12.8 Å². The van der Waals surface area contributed by atoms with Crippen molar-refractivity contribution >= 4 is 11.6 Å². The number of carbonyl (C=O) groups is 2. The molecule has 0 bridgehead atoms. The van der Waals surface area contributed by atoms with Gasteiger partial charge in [0.05, 0.1) is 5.92 Å². The Balaban J connectivity index is 1.63. The predicted molar refractivity (Wildman–Crippen MR) is 73.8 cm³/mol. The number of rotatable bonds is 8. The summed E-state index contributed by atoms with van der Waals surface area (Å²) in [5.74, 6) is 0.305. The number of carbonyl (C=O) groups excluding carboxylic acids is 2. The highest BCUT2D eigenvalue weighted by atomic mass is 16.5. The first-order valence-electron chi connectivity index (χ1n) is 7.58. The van der Waals surface area contributed by atoms with Crippen molar-refractivity contribution in [2.24, 2.45) is 23.2 Å². The molecular weight excluding hydrogens is 240 g/mol. The molecular formula is C16H26O3. The van der Waals surface area contributed by atoms with Crippen molar-refractivity contribution in [1.29, 1.82) is 0 Å². The third-order valence-electron chi connectivity index (χ3n) is 4.97. The molecule has 2 fully saturated rings. The highest BCUT2D eigenvalue weighted by Gasteiger charge is 2.71. The van der Waals surface area contributed by atoms with Gasteiger partial charge in [-0.15, -0.1) is 0 Å². The minimum absolute atomic E-state index is 0.0369. The van der Waals surface area contributed by atoms with Crippen LogP contribution in [0.5, 0.6) is 0 Å². The molecule has 0 aromatic carbocycles. The molecule has 2 aliphatic carbocycles. The van der Waals surface area contributed by atoms with Crippen LogP contribution in [0.4, 0.5) is 0 Å². The zero-order valence-corrected chi connectivity index (χ0v) is 12.4. The fraction of sp³-hybridized carbons (Fsp3) is 0.875. The fourth-order valence-corrected chi connectivity index (χ4v) is 3.68. The van der Waals surface area contributed by atoms with Crippen LogP contribution in [-0.2, 0) is 14.3 Å². The predicted octanol–water partition coefficient (Wildman–Crippen LogP) is 3.01.